The molecule has 0 unspecified atom stereocenters. The van der Waals surface area contributed by atoms with Crippen LogP contribution >= 0.6 is 0 Å². The van der Waals surface area contributed by atoms with Gasteiger partial charge < -0.3 is 10.6 Å². The maximum atomic E-state index is 13.9. The molecule has 0 radical (unpaired) electrons. The van der Waals surface area contributed by atoms with E-state index in [0.717, 1.165) is 19.0 Å². The number of amides is 1. The highest BCUT2D eigenvalue weighted by molar-refractivity contribution is 6.06. The SMILES string of the molecule is O=C(Nc1c(F)cccc1NC1CC1)c1ccncc1F. The Morgan fingerprint density at radius 3 is 2.71 bits per heavy atom. The van der Waals surface area contributed by atoms with E-state index in [2.05, 4.69) is 15.6 Å². The lowest BCUT2D eigenvalue weighted by Gasteiger charge is -2.13. The molecule has 1 aromatic heterocycles. The molecule has 0 bridgehead atoms. The van der Waals surface area contributed by atoms with E-state index in [1.54, 1.807) is 12.1 Å². The number of hydrogen-bond donors (Lipinski definition) is 2. The summed E-state index contributed by atoms with van der Waals surface area (Å²) in [4.78, 5) is 15.6. The van der Waals surface area contributed by atoms with E-state index in [1.165, 1.54) is 18.3 Å². The van der Waals surface area contributed by atoms with Gasteiger partial charge in [0.1, 0.15) is 11.5 Å². The molecule has 6 heteroatoms. The molecule has 3 rings (SSSR count). The van der Waals surface area contributed by atoms with Crippen LogP contribution in [0, 0.1) is 11.6 Å². The molecule has 1 fully saturated rings. The van der Waals surface area contributed by atoms with Crippen LogP contribution in [0.1, 0.15) is 23.2 Å². The van der Waals surface area contributed by atoms with Gasteiger partial charge in [0.15, 0.2) is 5.82 Å². The molecule has 1 aliphatic carbocycles. The van der Waals surface area contributed by atoms with Crippen molar-refractivity contribution in [3.8, 4) is 0 Å². The summed E-state index contributed by atoms with van der Waals surface area (Å²) in [5.41, 5.74) is 0.358. The van der Waals surface area contributed by atoms with Crippen LogP contribution in [0.2, 0.25) is 0 Å². The van der Waals surface area contributed by atoms with E-state index < -0.39 is 17.5 Å². The predicted molar refractivity (Wildman–Crippen MR) is 75.2 cm³/mol. The minimum atomic E-state index is -0.747. The average molecular weight is 289 g/mol. The fraction of sp³-hybridized carbons (Fsp3) is 0.200. The molecule has 1 saturated carbocycles. The van der Waals surface area contributed by atoms with Gasteiger partial charge in [-0.1, -0.05) is 6.07 Å². The molecule has 0 spiro atoms. The Morgan fingerprint density at radius 2 is 2.00 bits per heavy atom. The molecule has 1 aromatic carbocycles. The second-order valence-electron chi connectivity index (χ2n) is 4.89. The van der Waals surface area contributed by atoms with E-state index in [9.17, 15) is 13.6 Å². The minimum absolute atomic E-state index is 0.0330. The van der Waals surface area contributed by atoms with Crippen LogP contribution < -0.4 is 10.6 Å². The molecule has 21 heavy (non-hydrogen) atoms. The van der Waals surface area contributed by atoms with E-state index in [1.807, 2.05) is 0 Å². The number of anilines is 2. The number of pyridine rings is 1. The van der Waals surface area contributed by atoms with Crippen molar-refractivity contribution >= 4 is 17.3 Å². The second kappa shape index (κ2) is 5.47. The third-order valence-electron chi connectivity index (χ3n) is 3.21. The number of halogens is 2. The zero-order valence-electron chi connectivity index (χ0n) is 11.1. The van der Waals surface area contributed by atoms with Gasteiger partial charge in [0.2, 0.25) is 0 Å². The first-order valence-corrected chi connectivity index (χ1v) is 6.61. The summed E-state index contributed by atoms with van der Waals surface area (Å²) in [6.45, 7) is 0. The normalized spacial score (nSPS) is 13.8. The van der Waals surface area contributed by atoms with Crippen LogP contribution in [0.3, 0.4) is 0 Å². The largest absolute Gasteiger partial charge is 0.381 e. The molecular formula is C15H13F2N3O. The number of carbonyl (C=O) groups is 1. The summed E-state index contributed by atoms with van der Waals surface area (Å²) in [6.07, 6.45) is 4.29. The Labute approximate surface area is 120 Å². The van der Waals surface area contributed by atoms with Gasteiger partial charge in [-0.25, -0.2) is 8.78 Å². The lowest BCUT2D eigenvalue weighted by Crippen LogP contribution is -2.17. The zero-order valence-corrected chi connectivity index (χ0v) is 11.1. The fourth-order valence-corrected chi connectivity index (χ4v) is 1.96. The first kappa shape index (κ1) is 13.5. The van der Waals surface area contributed by atoms with E-state index in [0.29, 0.717) is 11.7 Å². The van der Waals surface area contributed by atoms with Crippen molar-refractivity contribution in [1.29, 1.82) is 0 Å². The van der Waals surface area contributed by atoms with Crippen molar-refractivity contribution in [2.24, 2.45) is 0 Å². The standard InChI is InChI=1S/C15H13F2N3O/c16-11-2-1-3-13(19-9-4-5-9)14(11)20-15(21)10-6-7-18-8-12(10)17/h1-3,6-9,19H,4-5H2,(H,20,21). The van der Waals surface area contributed by atoms with Crippen LogP contribution in [-0.4, -0.2) is 16.9 Å². The zero-order chi connectivity index (χ0) is 14.8. The van der Waals surface area contributed by atoms with Crippen molar-refractivity contribution in [3.63, 3.8) is 0 Å². The fourth-order valence-electron chi connectivity index (χ4n) is 1.96. The van der Waals surface area contributed by atoms with E-state index in [-0.39, 0.29) is 11.3 Å². The van der Waals surface area contributed by atoms with Gasteiger partial charge in [-0.2, -0.15) is 0 Å². The minimum Gasteiger partial charge on any atom is -0.381 e. The highest BCUT2D eigenvalue weighted by Crippen LogP contribution is 2.31. The van der Waals surface area contributed by atoms with Gasteiger partial charge in [-0.3, -0.25) is 9.78 Å². The summed E-state index contributed by atoms with van der Waals surface area (Å²) in [6, 6.07) is 6.04. The number of nitrogens with zero attached hydrogens (tertiary/aromatic N) is 1. The van der Waals surface area contributed by atoms with Gasteiger partial charge >= 0.3 is 0 Å². The smallest absolute Gasteiger partial charge is 0.258 e. The van der Waals surface area contributed by atoms with Gasteiger partial charge in [0.25, 0.3) is 5.91 Å². The topological polar surface area (TPSA) is 54.0 Å². The maximum absolute atomic E-state index is 13.9. The Kier molecular flexibility index (Phi) is 3.51. The Morgan fingerprint density at radius 1 is 1.19 bits per heavy atom. The molecule has 1 amide bonds. The number of para-hydroxylation sites is 1. The Hall–Kier alpha value is -2.50. The summed E-state index contributed by atoms with van der Waals surface area (Å²) in [5.74, 6) is -2.02. The number of hydrogen-bond acceptors (Lipinski definition) is 3. The van der Waals surface area contributed by atoms with Crippen LogP contribution in [-0.2, 0) is 0 Å². The van der Waals surface area contributed by atoms with Gasteiger partial charge in [-0.05, 0) is 31.0 Å². The van der Waals surface area contributed by atoms with E-state index in [4.69, 9.17) is 0 Å². The van der Waals surface area contributed by atoms with Crippen molar-refractivity contribution in [3.05, 3.63) is 53.9 Å². The molecule has 0 atom stereocenters. The second-order valence-corrected chi connectivity index (χ2v) is 4.89. The van der Waals surface area contributed by atoms with Gasteiger partial charge in [-0.15, -0.1) is 0 Å². The van der Waals surface area contributed by atoms with Crippen molar-refractivity contribution in [2.45, 2.75) is 18.9 Å². The molecule has 2 N–H and O–H groups in total. The summed E-state index contributed by atoms with van der Waals surface area (Å²) in [7, 11) is 0. The highest BCUT2D eigenvalue weighted by atomic mass is 19.1. The maximum Gasteiger partial charge on any atom is 0.258 e. The number of aromatic nitrogens is 1. The summed E-state index contributed by atoms with van der Waals surface area (Å²) < 4.78 is 27.5. The van der Waals surface area contributed by atoms with Crippen LogP contribution in [0.25, 0.3) is 0 Å². The summed E-state index contributed by atoms with van der Waals surface area (Å²) in [5, 5.41) is 5.56. The van der Waals surface area contributed by atoms with E-state index >= 15 is 0 Å². The third-order valence-corrected chi connectivity index (χ3v) is 3.21. The average Bonchev–Trinajstić information content (AvgIpc) is 3.27. The quantitative estimate of drug-likeness (QED) is 0.909. The lowest BCUT2D eigenvalue weighted by atomic mass is 10.2. The summed E-state index contributed by atoms with van der Waals surface area (Å²) >= 11 is 0. The molecule has 108 valence electrons. The molecule has 0 aliphatic heterocycles. The number of rotatable bonds is 4. The van der Waals surface area contributed by atoms with Crippen LogP contribution in [0.5, 0.6) is 0 Å². The van der Waals surface area contributed by atoms with Gasteiger partial charge in [0, 0.05) is 12.2 Å². The first-order chi connectivity index (χ1) is 10.1. The molecule has 1 heterocycles. The monoisotopic (exact) mass is 289 g/mol. The number of carbonyl (C=O) groups excluding carboxylic acids is 1. The van der Waals surface area contributed by atoms with Crippen LogP contribution in [0.4, 0.5) is 20.2 Å². The molecule has 1 aliphatic rings. The Balaban J connectivity index is 1.87. The molecule has 2 aromatic rings. The van der Waals surface area contributed by atoms with Crippen molar-refractivity contribution < 1.29 is 13.6 Å². The molecular weight excluding hydrogens is 276 g/mol. The highest BCUT2D eigenvalue weighted by Gasteiger charge is 2.23. The Bertz CT molecular complexity index is 686. The van der Waals surface area contributed by atoms with Crippen molar-refractivity contribution in [2.75, 3.05) is 10.6 Å². The lowest BCUT2D eigenvalue weighted by molar-refractivity contribution is 0.102. The number of nitrogens with one attached hydrogen (secondary N) is 2. The van der Waals surface area contributed by atoms with Gasteiger partial charge in [0.05, 0.1) is 17.4 Å². The van der Waals surface area contributed by atoms with Crippen molar-refractivity contribution in [1.82, 2.24) is 4.98 Å². The van der Waals surface area contributed by atoms with Crippen LogP contribution in [0.15, 0.2) is 36.7 Å². The number of benzene rings is 1. The predicted octanol–water partition coefficient (Wildman–Crippen LogP) is 3.19. The molecule has 0 saturated heterocycles. The molecule has 4 nitrogen and oxygen atoms in total. The first-order valence-electron chi connectivity index (χ1n) is 6.61. The third kappa shape index (κ3) is 2.99.